The van der Waals surface area contributed by atoms with Crippen molar-refractivity contribution in [3.8, 4) is 0 Å². The van der Waals surface area contributed by atoms with Crippen molar-refractivity contribution in [1.29, 1.82) is 0 Å². The predicted molar refractivity (Wildman–Crippen MR) is 110 cm³/mol. The molecule has 0 aliphatic carbocycles. The number of halogens is 2. The van der Waals surface area contributed by atoms with Crippen LogP contribution in [0.15, 0.2) is 54.9 Å². The predicted octanol–water partition coefficient (Wildman–Crippen LogP) is 2.80. The molecule has 0 saturated carbocycles. The second-order valence-corrected chi connectivity index (χ2v) is 6.15. The Morgan fingerprint density at radius 1 is 1.19 bits per heavy atom. The second-order valence-electron chi connectivity index (χ2n) is 6.15. The van der Waals surface area contributed by atoms with Gasteiger partial charge in [-0.25, -0.2) is 0 Å². The highest BCUT2D eigenvalue weighted by Gasteiger charge is 2.16. The van der Waals surface area contributed by atoms with E-state index in [0.717, 1.165) is 24.2 Å². The van der Waals surface area contributed by atoms with Crippen LogP contribution in [0.3, 0.4) is 0 Å². The van der Waals surface area contributed by atoms with Crippen LogP contribution in [-0.2, 0) is 11.3 Å². The quantitative estimate of drug-likeness (QED) is 0.755. The summed E-state index contributed by atoms with van der Waals surface area (Å²) in [6.45, 7) is 2.75. The fourth-order valence-corrected chi connectivity index (χ4v) is 2.99. The lowest BCUT2D eigenvalue weighted by molar-refractivity contribution is -0.119. The highest BCUT2D eigenvalue weighted by Crippen LogP contribution is 2.16. The Hall–Kier alpha value is -1.82. The van der Waals surface area contributed by atoms with Crippen LogP contribution in [0.1, 0.15) is 18.4 Å². The van der Waals surface area contributed by atoms with Crippen molar-refractivity contribution in [3.63, 3.8) is 0 Å². The van der Waals surface area contributed by atoms with Crippen molar-refractivity contribution in [1.82, 2.24) is 15.6 Å². The van der Waals surface area contributed by atoms with E-state index in [4.69, 9.17) is 0 Å². The molecule has 1 aromatic carbocycles. The number of hydrogen-bond donors (Lipinski definition) is 2. The topological polar surface area (TPSA) is 57.3 Å². The molecular formula is C19H26Cl2N4O. The maximum atomic E-state index is 12.4. The van der Waals surface area contributed by atoms with Gasteiger partial charge in [-0.15, -0.1) is 24.8 Å². The first-order chi connectivity index (χ1) is 11.8. The standard InChI is InChI=1S/C19H24N4O.2ClH/c24-19(22-13-17-7-5-11-21-17)15-23(18-8-2-1-3-9-18)14-16-6-4-10-20-12-16;;/h1-4,6,8-10,12,17,21H,5,7,11,13-15H2,(H,22,24);2*1H. The van der Waals surface area contributed by atoms with Crippen LogP contribution in [0, 0.1) is 0 Å². The second kappa shape index (κ2) is 11.7. The maximum Gasteiger partial charge on any atom is 0.239 e. The van der Waals surface area contributed by atoms with Crippen molar-refractivity contribution in [3.05, 3.63) is 60.4 Å². The van der Waals surface area contributed by atoms with E-state index in [2.05, 4.69) is 20.5 Å². The summed E-state index contributed by atoms with van der Waals surface area (Å²) in [4.78, 5) is 18.6. The number of nitrogens with one attached hydrogen (secondary N) is 2. The van der Waals surface area contributed by atoms with Gasteiger partial charge in [0.25, 0.3) is 0 Å². The fraction of sp³-hybridized carbons (Fsp3) is 0.368. The van der Waals surface area contributed by atoms with Crippen LogP contribution in [0.25, 0.3) is 0 Å². The van der Waals surface area contributed by atoms with Gasteiger partial charge in [0.1, 0.15) is 0 Å². The first kappa shape index (κ1) is 22.2. The number of pyridine rings is 1. The number of rotatable bonds is 7. The van der Waals surface area contributed by atoms with Crippen LogP contribution >= 0.6 is 24.8 Å². The van der Waals surface area contributed by atoms with Gasteiger partial charge in [0.05, 0.1) is 6.54 Å². The number of nitrogens with zero attached hydrogens (tertiary/aromatic N) is 2. The van der Waals surface area contributed by atoms with Crippen LogP contribution < -0.4 is 15.5 Å². The molecule has 26 heavy (non-hydrogen) atoms. The third-order valence-corrected chi connectivity index (χ3v) is 4.26. The maximum absolute atomic E-state index is 12.4. The molecule has 1 amide bonds. The zero-order valence-electron chi connectivity index (χ0n) is 14.6. The Bertz CT molecular complexity index is 637. The molecule has 142 valence electrons. The lowest BCUT2D eigenvalue weighted by Gasteiger charge is -2.24. The molecular weight excluding hydrogens is 371 g/mol. The molecule has 1 saturated heterocycles. The van der Waals surface area contributed by atoms with Crippen LogP contribution in [0.4, 0.5) is 5.69 Å². The number of carbonyl (C=O) groups excluding carboxylic acids is 1. The summed E-state index contributed by atoms with van der Waals surface area (Å²) in [7, 11) is 0. The lowest BCUT2D eigenvalue weighted by Crippen LogP contribution is -2.42. The zero-order chi connectivity index (χ0) is 16.6. The number of hydrogen-bond acceptors (Lipinski definition) is 4. The summed E-state index contributed by atoms with van der Waals surface area (Å²) < 4.78 is 0. The van der Waals surface area contributed by atoms with Gasteiger partial charge in [-0.2, -0.15) is 0 Å². The van der Waals surface area contributed by atoms with Crippen molar-refractivity contribution >= 4 is 36.4 Å². The van der Waals surface area contributed by atoms with Gasteiger partial charge in [-0.05, 0) is 43.1 Å². The minimum atomic E-state index is 0. The van der Waals surface area contributed by atoms with Gasteiger partial charge in [0.2, 0.25) is 5.91 Å². The molecule has 0 radical (unpaired) electrons. The largest absolute Gasteiger partial charge is 0.358 e. The van der Waals surface area contributed by atoms with E-state index in [0.29, 0.717) is 25.7 Å². The number of benzene rings is 1. The van der Waals surface area contributed by atoms with E-state index in [1.807, 2.05) is 48.7 Å². The molecule has 7 heteroatoms. The Balaban J connectivity index is 0.00000169. The first-order valence-electron chi connectivity index (χ1n) is 8.50. The van der Waals surface area contributed by atoms with Crippen LogP contribution in [-0.4, -0.2) is 36.6 Å². The van der Waals surface area contributed by atoms with Crippen molar-refractivity contribution in [2.45, 2.75) is 25.4 Å². The molecule has 1 aliphatic rings. The minimum absolute atomic E-state index is 0. The summed E-state index contributed by atoms with van der Waals surface area (Å²) >= 11 is 0. The molecule has 1 aliphatic heterocycles. The van der Waals surface area contributed by atoms with Gasteiger partial charge in [0, 0.05) is 37.2 Å². The number of para-hydroxylation sites is 1. The molecule has 1 unspecified atom stereocenters. The van der Waals surface area contributed by atoms with E-state index >= 15 is 0 Å². The van der Waals surface area contributed by atoms with Gasteiger partial charge < -0.3 is 15.5 Å². The summed E-state index contributed by atoms with van der Waals surface area (Å²) in [5.41, 5.74) is 2.13. The molecule has 2 heterocycles. The number of aromatic nitrogens is 1. The van der Waals surface area contributed by atoms with E-state index in [9.17, 15) is 4.79 Å². The van der Waals surface area contributed by atoms with Gasteiger partial charge in [-0.3, -0.25) is 9.78 Å². The molecule has 1 aromatic heterocycles. The Kier molecular flexibility index (Phi) is 10.0. The molecule has 2 N–H and O–H groups in total. The molecule has 5 nitrogen and oxygen atoms in total. The Morgan fingerprint density at radius 2 is 2.00 bits per heavy atom. The fourth-order valence-electron chi connectivity index (χ4n) is 2.99. The highest BCUT2D eigenvalue weighted by atomic mass is 35.5. The molecule has 3 rings (SSSR count). The summed E-state index contributed by atoms with van der Waals surface area (Å²) in [5, 5.41) is 6.45. The summed E-state index contributed by atoms with van der Waals surface area (Å²) in [6.07, 6.45) is 5.93. The van der Waals surface area contributed by atoms with E-state index < -0.39 is 0 Å². The molecule has 0 spiro atoms. The monoisotopic (exact) mass is 396 g/mol. The van der Waals surface area contributed by atoms with Crippen LogP contribution in [0.5, 0.6) is 0 Å². The average Bonchev–Trinajstić information content (AvgIpc) is 3.15. The lowest BCUT2D eigenvalue weighted by atomic mass is 10.2. The van der Waals surface area contributed by atoms with E-state index in [1.165, 1.54) is 6.42 Å². The average molecular weight is 397 g/mol. The SMILES string of the molecule is Cl.Cl.O=C(CN(Cc1cccnc1)c1ccccc1)NCC1CCCN1. The molecule has 1 atom stereocenters. The normalized spacial score (nSPS) is 15.5. The van der Waals surface area contributed by atoms with Gasteiger partial charge in [-0.1, -0.05) is 24.3 Å². The van der Waals surface area contributed by atoms with Crippen molar-refractivity contribution < 1.29 is 4.79 Å². The highest BCUT2D eigenvalue weighted by molar-refractivity contribution is 5.85. The van der Waals surface area contributed by atoms with E-state index in [1.54, 1.807) is 6.20 Å². The number of anilines is 1. The third kappa shape index (κ3) is 6.83. The summed E-state index contributed by atoms with van der Waals surface area (Å²) in [6, 6.07) is 14.4. The number of carbonyl (C=O) groups is 1. The zero-order valence-corrected chi connectivity index (χ0v) is 16.3. The third-order valence-electron chi connectivity index (χ3n) is 4.26. The Labute approximate surface area is 167 Å². The number of amides is 1. The molecule has 0 bridgehead atoms. The van der Waals surface area contributed by atoms with Gasteiger partial charge in [0.15, 0.2) is 0 Å². The van der Waals surface area contributed by atoms with Crippen molar-refractivity contribution in [2.24, 2.45) is 0 Å². The molecule has 2 aromatic rings. The van der Waals surface area contributed by atoms with E-state index in [-0.39, 0.29) is 30.7 Å². The Morgan fingerprint density at radius 3 is 2.65 bits per heavy atom. The smallest absolute Gasteiger partial charge is 0.239 e. The molecule has 1 fully saturated rings. The first-order valence-corrected chi connectivity index (χ1v) is 8.50. The van der Waals surface area contributed by atoms with Crippen LogP contribution in [0.2, 0.25) is 0 Å². The minimum Gasteiger partial charge on any atom is -0.358 e. The van der Waals surface area contributed by atoms with Crippen molar-refractivity contribution in [2.75, 3.05) is 24.5 Å². The summed E-state index contributed by atoms with van der Waals surface area (Å²) in [5.74, 6) is 0.0523. The van der Waals surface area contributed by atoms with Gasteiger partial charge >= 0.3 is 0 Å².